The van der Waals surface area contributed by atoms with Gasteiger partial charge in [-0.1, -0.05) is 41.5 Å². The lowest BCUT2D eigenvalue weighted by molar-refractivity contribution is -0.0561. The van der Waals surface area contributed by atoms with Gasteiger partial charge in [0.25, 0.3) is 0 Å². The molecule has 0 saturated heterocycles. The maximum atomic E-state index is 11.8. The molecule has 0 amide bonds. The van der Waals surface area contributed by atoms with E-state index in [1.807, 2.05) is 41.5 Å². The van der Waals surface area contributed by atoms with E-state index in [-0.39, 0.29) is 12.1 Å². The van der Waals surface area contributed by atoms with E-state index < -0.39 is 32.7 Å². The van der Waals surface area contributed by atoms with Crippen molar-refractivity contribution in [1.82, 2.24) is 4.67 Å². The van der Waals surface area contributed by atoms with Crippen molar-refractivity contribution >= 4 is 16.6 Å². The standard InChI is InChI=1S/C16H35NO4P2/c1-12(2)17(13(3)4)22(20-11)16(14(5,6)7,15(8,9)10)21-23(18)19/h12-13H,1-11H3/p+1. The van der Waals surface area contributed by atoms with E-state index in [9.17, 15) is 9.46 Å². The molecule has 138 valence electrons. The van der Waals surface area contributed by atoms with Gasteiger partial charge in [0.2, 0.25) is 0 Å². The minimum atomic E-state index is -2.76. The molecule has 7 heteroatoms. The van der Waals surface area contributed by atoms with E-state index in [2.05, 4.69) is 32.4 Å². The molecule has 2 atom stereocenters. The maximum absolute atomic E-state index is 11.8. The molecule has 0 aliphatic heterocycles. The lowest BCUT2D eigenvalue weighted by atomic mass is 9.73. The van der Waals surface area contributed by atoms with E-state index in [1.54, 1.807) is 7.11 Å². The summed E-state index contributed by atoms with van der Waals surface area (Å²) in [4.78, 5) is 9.64. The Bertz CT molecular complexity index is 378. The zero-order chi connectivity index (χ0) is 18.8. The third-order valence-corrected chi connectivity index (χ3v) is 8.19. The van der Waals surface area contributed by atoms with Crippen molar-refractivity contribution in [3.8, 4) is 0 Å². The number of rotatable bonds is 7. The van der Waals surface area contributed by atoms with E-state index in [0.717, 1.165) is 0 Å². The van der Waals surface area contributed by atoms with Gasteiger partial charge in [-0.2, -0.15) is 0 Å². The summed E-state index contributed by atoms with van der Waals surface area (Å²) in [5, 5.41) is -0.916. The predicted molar refractivity (Wildman–Crippen MR) is 98.6 cm³/mol. The van der Waals surface area contributed by atoms with Gasteiger partial charge >= 0.3 is 8.25 Å². The highest BCUT2D eigenvalue weighted by Gasteiger charge is 2.65. The van der Waals surface area contributed by atoms with Crippen molar-refractivity contribution in [2.75, 3.05) is 7.11 Å². The second-order valence-corrected chi connectivity index (χ2v) is 11.2. The topological polar surface area (TPSA) is 59.0 Å². The Morgan fingerprint density at radius 1 is 0.957 bits per heavy atom. The SMILES string of the molecule is COP(N(C(C)C)C(C)C)C(O[P+](=O)O)(C(C)(C)C)C(C)(C)C. The van der Waals surface area contributed by atoms with Crippen molar-refractivity contribution in [1.29, 1.82) is 0 Å². The monoisotopic (exact) mass is 368 g/mol. The Morgan fingerprint density at radius 2 is 1.30 bits per heavy atom. The first-order valence-corrected chi connectivity index (χ1v) is 10.5. The van der Waals surface area contributed by atoms with Crippen LogP contribution in [0.3, 0.4) is 0 Å². The Hall–Kier alpha value is 0.370. The van der Waals surface area contributed by atoms with E-state index in [0.29, 0.717) is 0 Å². The molecule has 2 unspecified atom stereocenters. The number of hydrogen-bond acceptors (Lipinski definition) is 4. The van der Waals surface area contributed by atoms with Gasteiger partial charge in [-0.3, -0.25) is 4.67 Å². The predicted octanol–water partition coefficient (Wildman–Crippen LogP) is 5.52. The van der Waals surface area contributed by atoms with Crippen LogP contribution in [0.4, 0.5) is 0 Å². The molecule has 0 aromatic rings. The van der Waals surface area contributed by atoms with Crippen LogP contribution in [0.25, 0.3) is 0 Å². The number of hydrogen-bond donors (Lipinski definition) is 1. The fourth-order valence-electron chi connectivity index (χ4n) is 3.52. The van der Waals surface area contributed by atoms with Gasteiger partial charge in [-0.05, 0) is 27.7 Å². The Morgan fingerprint density at radius 3 is 1.48 bits per heavy atom. The molecule has 0 saturated carbocycles. The first-order valence-electron chi connectivity index (χ1n) is 8.11. The summed E-state index contributed by atoms with van der Waals surface area (Å²) in [6.45, 7) is 20.7. The van der Waals surface area contributed by atoms with Gasteiger partial charge in [0.1, 0.15) is 8.30 Å². The molecule has 0 bridgehead atoms. The first kappa shape index (κ1) is 23.4. The molecular weight excluding hydrogens is 332 g/mol. The Kier molecular flexibility index (Phi) is 8.30. The molecule has 0 fully saturated rings. The Balaban J connectivity index is 6.53. The molecule has 5 nitrogen and oxygen atoms in total. The van der Waals surface area contributed by atoms with Crippen LogP contribution in [0.2, 0.25) is 0 Å². The van der Waals surface area contributed by atoms with Crippen LogP contribution in [-0.2, 0) is 13.6 Å². The fraction of sp³-hybridized carbons (Fsp3) is 1.00. The lowest BCUT2D eigenvalue weighted by Gasteiger charge is -2.55. The summed E-state index contributed by atoms with van der Waals surface area (Å²) in [7, 11) is -2.38. The van der Waals surface area contributed by atoms with Gasteiger partial charge in [0, 0.05) is 34.6 Å². The van der Waals surface area contributed by atoms with Gasteiger partial charge in [0.05, 0.1) is 0 Å². The Labute approximate surface area is 145 Å². The third-order valence-electron chi connectivity index (χ3n) is 3.95. The zero-order valence-electron chi connectivity index (χ0n) is 16.7. The minimum absolute atomic E-state index is 0.227. The molecule has 0 aromatic heterocycles. The summed E-state index contributed by atoms with van der Waals surface area (Å²) in [5.74, 6) is 0. The molecular formula is C16H36NO4P2+. The summed E-state index contributed by atoms with van der Waals surface area (Å²) in [5.41, 5.74) is -0.800. The van der Waals surface area contributed by atoms with Crippen LogP contribution in [0.1, 0.15) is 69.2 Å². The normalized spacial score (nSPS) is 16.4. The summed E-state index contributed by atoms with van der Waals surface area (Å²) < 4.78 is 25.8. The summed E-state index contributed by atoms with van der Waals surface area (Å²) in [6.07, 6.45) is 0. The van der Waals surface area contributed by atoms with Crippen molar-refractivity contribution in [3.05, 3.63) is 0 Å². The molecule has 0 rings (SSSR count). The molecule has 0 spiro atoms. The minimum Gasteiger partial charge on any atom is -0.344 e. The van der Waals surface area contributed by atoms with Crippen LogP contribution < -0.4 is 0 Å². The fourth-order valence-corrected chi connectivity index (χ4v) is 7.54. The van der Waals surface area contributed by atoms with Crippen LogP contribution in [-0.4, -0.2) is 34.1 Å². The quantitative estimate of drug-likeness (QED) is 0.600. The molecule has 0 aromatic carbocycles. The van der Waals surface area contributed by atoms with Crippen molar-refractivity contribution < 1.29 is 18.5 Å². The van der Waals surface area contributed by atoms with Gasteiger partial charge in [-0.25, -0.2) is 0 Å². The number of nitrogens with zero attached hydrogens (tertiary/aromatic N) is 1. The van der Waals surface area contributed by atoms with Crippen LogP contribution in [0.5, 0.6) is 0 Å². The van der Waals surface area contributed by atoms with Crippen molar-refractivity contribution in [3.63, 3.8) is 0 Å². The highest BCUT2D eigenvalue weighted by atomic mass is 31.2. The largest absolute Gasteiger partial charge is 0.695 e. The second-order valence-electron chi connectivity index (χ2n) is 8.50. The smallest absolute Gasteiger partial charge is 0.344 e. The van der Waals surface area contributed by atoms with Crippen LogP contribution >= 0.6 is 16.6 Å². The van der Waals surface area contributed by atoms with E-state index in [4.69, 9.17) is 9.05 Å². The highest BCUT2D eigenvalue weighted by Crippen LogP contribution is 2.70. The first-order chi connectivity index (χ1) is 10.1. The molecule has 0 heterocycles. The molecule has 1 N–H and O–H groups in total. The van der Waals surface area contributed by atoms with Gasteiger partial charge < -0.3 is 4.52 Å². The average Bonchev–Trinajstić information content (AvgIpc) is 2.28. The average molecular weight is 368 g/mol. The third kappa shape index (κ3) is 4.93. The summed E-state index contributed by atoms with van der Waals surface area (Å²) >= 11 is 0. The van der Waals surface area contributed by atoms with Crippen molar-refractivity contribution in [2.45, 2.75) is 86.7 Å². The van der Waals surface area contributed by atoms with Crippen molar-refractivity contribution in [2.24, 2.45) is 10.8 Å². The molecule has 23 heavy (non-hydrogen) atoms. The molecule has 0 radical (unpaired) electrons. The van der Waals surface area contributed by atoms with Gasteiger partial charge in [0.15, 0.2) is 5.34 Å². The molecule has 0 aliphatic rings. The van der Waals surface area contributed by atoms with E-state index in [1.165, 1.54) is 0 Å². The molecule has 0 aliphatic carbocycles. The second kappa shape index (κ2) is 8.17. The lowest BCUT2D eigenvalue weighted by Crippen LogP contribution is -2.56. The van der Waals surface area contributed by atoms with Crippen LogP contribution in [0.15, 0.2) is 0 Å². The van der Waals surface area contributed by atoms with E-state index >= 15 is 0 Å². The summed E-state index contributed by atoms with van der Waals surface area (Å²) in [6, 6.07) is 0.454. The van der Waals surface area contributed by atoms with Gasteiger partial charge in [-0.15, -0.1) is 9.42 Å². The zero-order valence-corrected chi connectivity index (χ0v) is 18.5. The highest BCUT2D eigenvalue weighted by molar-refractivity contribution is 7.52. The maximum Gasteiger partial charge on any atom is 0.695 e. The van der Waals surface area contributed by atoms with Crippen LogP contribution in [0, 0.1) is 10.8 Å².